The summed E-state index contributed by atoms with van der Waals surface area (Å²) < 4.78 is 0. The molecular formula is C14H22N2O3. The van der Waals surface area contributed by atoms with E-state index in [2.05, 4.69) is 10.6 Å². The smallest absolute Gasteiger partial charge is 0.224 e. The summed E-state index contributed by atoms with van der Waals surface area (Å²) in [6.45, 7) is 4.30. The molecule has 0 aliphatic rings. The van der Waals surface area contributed by atoms with Crippen LogP contribution in [0.25, 0.3) is 0 Å². The summed E-state index contributed by atoms with van der Waals surface area (Å²) in [5.41, 5.74) is 1.49. The van der Waals surface area contributed by atoms with Gasteiger partial charge >= 0.3 is 0 Å². The van der Waals surface area contributed by atoms with Gasteiger partial charge in [-0.25, -0.2) is 0 Å². The standard InChI is InChI=1S/C14H22N2O3/c1-3-14(19)16-12-6-4-11(5-7-12)13(18)9-15-8-10(2)17/h4-7,10,13,15,17-18H,3,8-9H2,1-2H3,(H,16,19). The topological polar surface area (TPSA) is 81.6 Å². The molecule has 0 aromatic heterocycles. The van der Waals surface area contributed by atoms with Crippen molar-refractivity contribution in [2.75, 3.05) is 18.4 Å². The molecule has 0 fully saturated rings. The molecular weight excluding hydrogens is 244 g/mol. The predicted molar refractivity (Wildman–Crippen MR) is 74.9 cm³/mol. The molecule has 0 saturated heterocycles. The van der Waals surface area contributed by atoms with Crippen LogP contribution in [0.2, 0.25) is 0 Å². The number of benzene rings is 1. The highest BCUT2D eigenvalue weighted by molar-refractivity contribution is 5.90. The van der Waals surface area contributed by atoms with E-state index in [1.54, 1.807) is 38.1 Å². The number of hydrogen-bond acceptors (Lipinski definition) is 4. The number of hydrogen-bond donors (Lipinski definition) is 4. The Morgan fingerprint density at radius 2 is 1.84 bits per heavy atom. The second-order valence-electron chi connectivity index (χ2n) is 4.55. The van der Waals surface area contributed by atoms with Crippen molar-refractivity contribution in [3.8, 4) is 0 Å². The van der Waals surface area contributed by atoms with Crippen molar-refractivity contribution in [1.29, 1.82) is 0 Å². The van der Waals surface area contributed by atoms with Crippen LogP contribution in [-0.4, -0.2) is 35.3 Å². The molecule has 0 saturated carbocycles. The molecule has 1 aromatic carbocycles. The van der Waals surface area contributed by atoms with Crippen LogP contribution in [0.1, 0.15) is 31.9 Å². The Bertz CT molecular complexity index is 390. The van der Waals surface area contributed by atoms with Gasteiger partial charge in [-0.15, -0.1) is 0 Å². The molecule has 1 aromatic rings. The molecule has 0 spiro atoms. The number of nitrogens with one attached hydrogen (secondary N) is 2. The third kappa shape index (κ3) is 5.83. The Balaban J connectivity index is 2.48. The maximum atomic E-state index is 11.2. The van der Waals surface area contributed by atoms with E-state index in [0.29, 0.717) is 19.5 Å². The molecule has 5 nitrogen and oxygen atoms in total. The van der Waals surface area contributed by atoms with Crippen LogP contribution >= 0.6 is 0 Å². The van der Waals surface area contributed by atoms with E-state index in [4.69, 9.17) is 5.11 Å². The molecule has 0 radical (unpaired) electrons. The Labute approximate surface area is 113 Å². The van der Waals surface area contributed by atoms with E-state index in [0.717, 1.165) is 11.3 Å². The van der Waals surface area contributed by atoms with Gasteiger partial charge < -0.3 is 20.8 Å². The van der Waals surface area contributed by atoms with Crippen molar-refractivity contribution in [3.63, 3.8) is 0 Å². The largest absolute Gasteiger partial charge is 0.392 e. The summed E-state index contributed by atoms with van der Waals surface area (Å²) in [6, 6.07) is 7.08. The molecule has 106 valence electrons. The van der Waals surface area contributed by atoms with Gasteiger partial charge in [0.15, 0.2) is 0 Å². The highest BCUT2D eigenvalue weighted by Gasteiger charge is 2.08. The lowest BCUT2D eigenvalue weighted by Gasteiger charge is -2.14. The number of amides is 1. The second-order valence-corrected chi connectivity index (χ2v) is 4.55. The van der Waals surface area contributed by atoms with Gasteiger partial charge in [-0.1, -0.05) is 19.1 Å². The molecule has 19 heavy (non-hydrogen) atoms. The van der Waals surface area contributed by atoms with E-state index in [9.17, 15) is 9.90 Å². The summed E-state index contributed by atoms with van der Waals surface area (Å²) in [4.78, 5) is 11.2. The first-order valence-corrected chi connectivity index (χ1v) is 6.49. The molecule has 2 unspecified atom stereocenters. The average molecular weight is 266 g/mol. The van der Waals surface area contributed by atoms with Crippen LogP contribution in [0.4, 0.5) is 5.69 Å². The zero-order valence-corrected chi connectivity index (χ0v) is 11.4. The minimum absolute atomic E-state index is 0.0353. The maximum Gasteiger partial charge on any atom is 0.224 e. The van der Waals surface area contributed by atoms with E-state index < -0.39 is 12.2 Å². The normalized spacial score (nSPS) is 13.9. The number of aliphatic hydroxyl groups excluding tert-OH is 2. The summed E-state index contributed by atoms with van der Waals surface area (Å²) in [5, 5.41) is 24.7. The molecule has 0 bridgehead atoms. The molecule has 1 amide bonds. The molecule has 0 aliphatic heterocycles. The van der Waals surface area contributed by atoms with Crippen LogP contribution < -0.4 is 10.6 Å². The van der Waals surface area contributed by atoms with Crippen molar-refractivity contribution >= 4 is 11.6 Å². The minimum Gasteiger partial charge on any atom is -0.392 e. The molecule has 1 rings (SSSR count). The predicted octanol–water partition coefficient (Wildman–Crippen LogP) is 1.04. The SMILES string of the molecule is CCC(=O)Nc1ccc(C(O)CNCC(C)O)cc1. The van der Waals surface area contributed by atoms with Gasteiger partial charge in [-0.05, 0) is 24.6 Å². The fourth-order valence-electron chi connectivity index (χ4n) is 1.58. The lowest BCUT2D eigenvalue weighted by Crippen LogP contribution is -2.28. The van der Waals surface area contributed by atoms with Gasteiger partial charge in [0.25, 0.3) is 0 Å². The second kappa shape index (κ2) is 7.89. The highest BCUT2D eigenvalue weighted by atomic mass is 16.3. The highest BCUT2D eigenvalue weighted by Crippen LogP contribution is 2.16. The van der Waals surface area contributed by atoms with E-state index in [-0.39, 0.29) is 5.91 Å². The summed E-state index contributed by atoms with van der Waals surface area (Å²) in [5.74, 6) is -0.0353. The van der Waals surface area contributed by atoms with Crippen molar-refractivity contribution in [2.45, 2.75) is 32.5 Å². The lowest BCUT2D eigenvalue weighted by atomic mass is 10.1. The summed E-state index contributed by atoms with van der Waals surface area (Å²) in [7, 11) is 0. The van der Waals surface area contributed by atoms with E-state index >= 15 is 0 Å². The first kappa shape index (κ1) is 15.6. The Morgan fingerprint density at radius 1 is 1.21 bits per heavy atom. The summed E-state index contributed by atoms with van der Waals surface area (Å²) >= 11 is 0. The zero-order valence-electron chi connectivity index (χ0n) is 11.4. The fourth-order valence-corrected chi connectivity index (χ4v) is 1.58. The molecule has 2 atom stereocenters. The van der Waals surface area contributed by atoms with Crippen molar-refractivity contribution < 1.29 is 15.0 Å². The van der Waals surface area contributed by atoms with E-state index in [1.807, 2.05) is 0 Å². The van der Waals surface area contributed by atoms with Crippen LogP contribution in [0, 0.1) is 0 Å². The van der Waals surface area contributed by atoms with Gasteiger partial charge in [0.05, 0.1) is 12.2 Å². The van der Waals surface area contributed by atoms with Gasteiger partial charge in [-0.2, -0.15) is 0 Å². The van der Waals surface area contributed by atoms with Crippen LogP contribution in [0.15, 0.2) is 24.3 Å². The van der Waals surface area contributed by atoms with Gasteiger partial charge in [-0.3, -0.25) is 4.79 Å². The number of aliphatic hydroxyl groups is 2. The first-order valence-electron chi connectivity index (χ1n) is 6.49. The Kier molecular flexibility index (Phi) is 6.49. The van der Waals surface area contributed by atoms with Crippen LogP contribution in [-0.2, 0) is 4.79 Å². The maximum absolute atomic E-state index is 11.2. The molecule has 5 heteroatoms. The number of anilines is 1. The minimum atomic E-state index is -0.630. The van der Waals surface area contributed by atoms with Crippen molar-refractivity contribution in [2.24, 2.45) is 0 Å². The number of rotatable bonds is 7. The fraction of sp³-hybridized carbons (Fsp3) is 0.500. The summed E-state index contributed by atoms with van der Waals surface area (Å²) in [6.07, 6.45) is -0.623. The van der Waals surface area contributed by atoms with Crippen molar-refractivity contribution in [1.82, 2.24) is 5.32 Å². The van der Waals surface area contributed by atoms with Crippen LogP contribution in [0.5, 0.6) is 0 Å². The van der Waals surface area contributed by atoms with Gasteiger partial charge in [0, 0.05) is 25.2 Å². The lowest BCUT2D eigenvalue weighted by molar-refractivity contribution is -0.115. The quantitative estimate of drug-likeness (QED) is 0.594. The zero-order chi connectivity index (χ0) is 14.3. The number of carbonyl (C=O) groups excluding carboxylic acids is 1. The first-order chi connectivity index (χ1) is 9.02. The number of carbonyl (C=O) groups is 1. The van der Waals surface area contributed by atoms with Gasteiger partial charge in [0.1, 0.15) is 0 Å². The van der Waals surface area contributed by atoms with Crippen molar-refractivity contribution in [3.05, 3.63) is 29.8 Å². The monoisotopic (exact) mass is 266 g/mol. The van der Waals surface area contributed by atoms with E-state index in [1.165, 1.54) is 0 Å². The van der Waals surface area contributed by atoms with Gasteiger partial charge in [0.2, 0.25) is 5.91 Å². The molecule has 4 N–H and O–H groups in total. The third-order valence-corrected chi connectivity index (χ3v) is 2.68. The molecule has 0 heterocycles. The third-order valence-electron chi connectivity index (χ3n) is 2.68. The van der Waals surface area contributed by atoms with Crippen LogP contribution in [0.3, 0.4) is 0 Å². The average Bonchev–Trinajstić information content (AvgIpc) is 2.38. The Hall–Kier alpha value is -1.43. The Morgan fingerprint density at radius 3 is 2.37 bits per heavy atom. The molecule has 0 aliphatic carbocycles.